The van der Waals surface area contributed by atoms with E-state index >= 15 is 0 Å². The lowest BCUT2D eigenvalue weighted by atomic mass is 10.2. The van der Waals surface area contributed by atoms with E-state index in [4.69, 9.17) is 0 Å². The van der Waals surface area contributed by atoms with E-state index in [1.54, 1.807) is 11.0 Å². The summed E-state index contributed by atoms with van der Waals surface area (Å²) in [5.74, 6) is 0.314. The Kier molecular flexibility index (Phi) is 4.99. The molecule has 0 saturated heterocycles. The second-order valence-corrected chi connectivity index (χ2v) is 7.06. The number of thioether (sulfide) groups is 1. The van der Waals surface area contributed by atoms with Crippen molar-refractivity contribution in [2.45, 2.75) is 17.8 Å². The van der Waals surface area contributed by atoms with E-state index < -0.39 is 0 Å². The first-order chi connectivity index (χ1) is 11.2. The van der Waals surface area contributed by atoms with Crippen molar-refractivity contribution >= 4 is 29.0 Å². The van der Waals surface area contributed by atoms with E-state index in [9.17, 15) is 4.79 Å². The molecule has 7 nitrogen and oxygen atoms in total. The van der Waals surface area contributed by atoms with Gasteiger partial charge in [-0.25, -0.2) is 9.67 Å². The molecular weight excluding hydrogens is 332 g/mol. The van der Waals surface area contributed by atoms with E-state index in [1.165, 1.54) is 29.4 Å². The Balaban J connectivity index is 1.47. The molecule has 2 heterocycles. The Morgan fingerprint density at radius 2 is 2.13 bits per heavy atom. The molecule has 0 aliphatic heterocycles. The summed E-state index contributed by atoms with van der Waals surface area (Å²) in [6, 6.07) is 7.79. The van der Waals surface area contributed by atoms with Crippen LogP contribution < -0.4 is 5.32 Å². The van der Waals surface area contributed by atoms with Crippen LogP contribution in [0.25, 0.3) is 5.69 Å². The molecule has 0 bridgehead atoms. The smallest absolute Gasteiger partial charge is 0.230 e. The summed E-state index contributed by atoms with van der Waals surface area (Å²) in [5, 5.41) is 15.8. The molecular formula is C14H14N6OS2. The topological polar surface area (TPSA) is 85.6 Å². The summed E-state index contributed by atoms with van der Waals surface area (Å²) in [6.45, 7) is 2.39. The van der Waals surface area contributed by atoms with Crippen LogP contribution in [0.3, 0.4) is 0 Å². The van der Waals surface area contributed by atoms with Crippen molar-refractivity contribution in [3.63, 3.8) is 0 Å². The van der Waals surface area contributed by atoms with E-state index in [0.717, 1.165) is 20.6 Å². The lowest BCUT2D eigenvalue weighted by molar-refractivity contribution is -0.118. The minimum Gasteiger partial charge on any atom is -0.351 e. The van der Waals surface area contributed by atoms with E-state index in [-0.39, 0.29) is 5.91 Å². The summed E-state index contributed by atoms with van der Waals surface area (Å²) in [7, 11) is 0. The van der Waals surface area contributed by atoms with Gasteiger partial charge in [-0.3, -0.25) is 4.79 Å². The number of carbonyl (C=O) groups excluding carboxylic acids is 1. The predicted molar refractivity (Wildman–Crippen MR) is 88.6 cm³/mol. The van der Waals surface area contributed by atoms with Gasteiger partial charge in [-0.1, -0.05) is 35.2 Å². The molecule has 0 aliphatic rings. The molecule has 0 radical (unpaired) electrons. The van der Waals surface area contributed by atoms with Gasteiger partial charge in [0.1, 0.15) is 17.7 Å². The number of rotatable bonds is 6. The van der Waals surface area contributed by atoms with Crippen molar-refractivity contribution in [3.05, 3.63) is 47.5 Å². The molecule has 3 rings (SSSR count). The average Bonchev–Trinajstić information content (AvgIpc) is 3.23. The number of nitrogens with one attached hydrogen (secondary N) is 1. The van der Waals surface area contributed by atoms with Gasteiger partial charge in [0, 0.05) is 6.54 Å². The number of aryl methyl sites for hydroxylation is 1. The second kappa shape index (κ2) is 7.34. The second-order valence-electron chi connectivity index (χ2n) is 4.66. The van der Waals surface area contributed by atoms with Crippen LogP contribution in [0, 0.1) is 6.92 Å². The fourth-order valence-corrected chi connectivity index (χ4v) is 3.47. The molecule has 9 heteroatoms. The molecule has 3 aromatic rings. The zero-order valence-corrected chi connectivity index (χ0v) is 14.0. The van der Waals surface area contributed by atoms with Gasteiger partial charge in [-0.2, -0.15) is 5.10 Å². The lowest BCUT2D eigenvalue weighted by Crippen LogP contribution is -2.24. The normalized spacial score (nSPS) is 10.7. The average molecular weight is 346 g/mol. The summed E-state index contributed by atoms with van der Waals surface area (Å²) in [5.41, 5.74) is 1.96. The standard InChI is InChI=1S/C14H14N6OS2/c1-10-18-19-14(23-10)22-7-13(21)16-6-11-2-4-12(5-3-11)20-9-15-8-17-20/h2-5,8-9H,6-7H2,1H3,(H,16,21). The Morgan fingerprint density at radius 1 is 1.30 bits per heavy atom. The van der Waals surface area contributed by atoms with Crippen LogP contribution in [0.15, 0.2) is 41.3 Å². The Morgan fingerprint density at radius 3 is 2.78 bits per heavy atom. The van der Waals surface area contributed by atoms with Crippen LogP contribution in [0.4, 0.5) is 0 Å². The molecule has 0 aliphatic carbocycles. The van der Waals surface area contributed by atoms with Crippen molar-refractivity contribution in [1.29, 1.82) is 0 Å². The predicted octanol–water partition coefficient (Wildman–Crippen LogP) is 1.84. The van der Waals surface area contributed by atoms with Gasteiger partial charge in [0.05, 0.1) is 11.4 Å². The summed E-state index contributed by atoms with van der Waals surface area (Å²) < 4.78 is 2.50. The zero-order chi connectivity index (χ0) is 16.1. The minimum atomic E-state index is -0.0248. The summed E-state index contributed by atoms with van der Waals surface area (Å²) in [4.78, 5) is 15.8. The maximum atomic E-state index is 11.9. The number of nitrogens with zero attached hydrogens (tertiary/aromatic N) is 5. The molecule has 0 fully saturated rings. The van der Waals surface area contributed by atoms with Gasteiger partial charge in [-0.15, -0.1) is 10.2 Å². The molecule has 0 spiro atoms. The van der Waals surface area contributed by atoms with Gasteiger partial charge >= 0.3 is 0 Å². The van der Waals surface area contributed by atoms with Gasteiger partial charge in [-0.05, 0) is 24.6 Å². The highest BCUT2D eigenvalue weighted by Crippen LogP contribution is 2.21. The zero-order valence-electron chi connectivity index (χ0n) is 12.3. The highest BCUT2D eigenvalue weighted by Gasteiger charge is 2.06. The van der Waals surface area contributed by atoms with Crippen LogP contribution in [0.2, 0.25) is 0 Å². The number of amides is 1. The van der Waals surface area contributed by atoms with Crippen LogP contribution in [0.5, 0.6) is 0 Å². The largest absolute Gasteiger partial charge is 0.351 e. The SMILES string of the molecule is Cc1nnc(SCC(=O)NCc2ccc(-n3cncn3)cc2)s1. The molecule has 0 unspecified atom stereocenters. The van der Waals surface area contributed by atoms with E-state index in [1.807, 2.05) is 31.2 Å². The van der Waals surface area contributed by atoms with Gasteiger partial charge in [0.15, 0.2) is 4.34 Å². The van der Waals surface area contributed by atoms with Gasteiger partial charge in [0.2, 0.25) is 5.91 Å². The van der Waals surface area contributed by atoms with Gasteiger partial charge in [0.25, 0.3) is 0 Å². The van der Waals surface area contributed by atoms with Crippen molar-refractivity contribution in [2.24, 2.45) is 0 Å². The molecule has 1 amide bonds. The maximum Gasteiger partial charge on any atom is 0.230 e. The highest BCUT2D eigenvalue weighted by atomic mass is 32.2. The Hall–Kier alpha value is -2.26. The van der Waals surface area contributed by atoms with Crippen molar-refractivity contribution in [2.75, 3.05) is 5.75 Å². The fraction of sp³-hybridized carbons (Fsp3) is 0.214. The van der Waals surface area contributed by atoms with Crippen molar-refractivity contribution in [3.8, 4) is 5.69 Å². The quantitative estimate of drug-likeness (QED) is 0.686. The highest BCUT2D eigenvalue weighted by molar-refractivity contribution is 8.01. The summed E-state index contributed by atoms with van der Waals surface area (Å²) >= 11 is 2.89. The number of hydrogen-bond donors (Lipinski definition) is 1. The fourth-order valence-electron chi connectivity index (χ4n) is 1.82. The third-order valence-electron chi connectivity index (χ3n) is 2.94. The van der Waals surface area contributed by atoms with Crippen LogP contribution in [-0.4, -0.2) is 36.6 Å². The maximum absolute atomic E-state index is 11.9. The summed E-state index contributed by atoms with van der Waals surface area (Å²) in [6.07, 6.45) is 3.13. The van der Waals surface area contributed by atoms with Crippen molar-refractivity contribution < 1.29 is 4.79 Å². The molecule has 0 atom stereocenters. The molecule has 1 N–H and O–H groups in total. The number of carbonyl (C=O) groups is 1. The van der Waals surface area contributed by atoms with Gasteiger partial charge < -0.3 is 5.32 Å². The molecule has 0 saturated carbocycles. The van der Waals surface area contributed by atoms with E-state index in [0.29, 0.717) is 12.3 Å². The van der Waals surface area contributed by atoms with Crippen LogP contribution >= 0.6 is 23.1 Å². The lowest BCUT2D eigenvalue weighted by Gasteiger charge is -2.06. The first-order valence-electron chi connectivity index (χ1n) is 6.84. The van der Waals surface area contributed by atoms with Crippen LogP contribution in [0.1, 0.15) is 10.6 Å². The van der Waals surface area contributed by atoms with Crippen molar-refractivity contribution in [1.82, 2.24) is 30.3 Å². The number of hydrogen-bond acceptors (Lipinski definition) is 7. The van der Waals surface area contributed by atoms with E-state index in [2.05, 4.69) is 25.6 Å². The number of aromatic nitrogens is 5. The third-order valence-corrected chi connectivity index (χ3v) is 4.92. The third kappa shape index (κ3) is 4.36. The number of benzene rings is 1. The monoisotopic (exact) mass is 346 g/mol. The Bertz CT molecular complexity index is 769. The first-order valence-corrected chi connectivity index (χ1v) is 8.64. The first kappa shape index (κ1) is 15.6. The molecule has 118 valence electrons. The minimum absolute atomic E-state index is 0.0248. The van der Waals surface area contributed by atoms with Crippen LogP contribution in [-0.2, 0) is 11.3 Å². The Labute approximate surface area is 141 Å². The molecule has 2 aromatic heterocycles. The molecule has 1 aromatic carbocycles. The molecule has 23 heavy (non-hydrogen) atoms.